The van der Waals surface area contributed by atoms with Gasteiger partial charge in [-0.1, -0.05) is 26.7 Å². The normalized spacial score (nSPS) is 29.8. The largest absolute Gasteiger partial charge is 0.481 e. The van der Waals surface area contributed by atoms with Crippen LogP contribution in [0, 0.1) is 17.8 Å². The lowest BCUT2D eigenvalue weighted by molar-refractivity contribution is -0.138. The smallest absolute Gasteiger partial charge is 0.305 e. The van der Waals surface area contributed by atoms with Gasteiger partial charge in [0.15, 0.2) is 0 Å². The van der Waals surface area contributed by atoms with Crippen LogP contribution in [-0.2, 0) is 9.59 Å². The van der Waals surface area contributed by atoms with Crippen LogP contribution in [0.15, 0.2) is 0 Å². The summed E-state index contributed by atoms with van der Waals surface area (Å²) in [6, 6.07) is -1.41. The lowest BCUT2D eigenvalue weighted by atomic mass is 9.86. The number of nitrogens with one attached hydrogen (secondary N) is 1. The fourth-order valence-electron chi connectivity index (χ4n) is 3.30. The maximum absolute atomic E-state index is 10.8. The number of carbonyl (C=O) groups is 2. The van der Waals surface area contributed by atoms with Gasteiger partial charge in [-0.3, -0.25) is 10.1 Å². The molecule has 6 heteroatoms. The first-order valence-electron chi connectivity index (χ1n) is 7.72. The number of carbonyl (C=O) groups excluding carboxylic acids is 1. The van der Waals surface area contributed by atoms with Gasteiger partial charge in [-0.25, -0.2) is 0 Å². The van der Waals surface area contributed by atoms with Crippen molar-refractivity contribution in [2.75, 3.05) is 0 Å². The third-order valence-corrected chi connectivity index (χ3v) is 4.72. The highest BCUT2D eigenvalue weighted by molar-refractivity contribution is 5.73. The van der Waals surface area contributed by atoms with E-state index in [1.165, 1.54) is 12.8 Å². The number of aliphatic carboxylic acids is 1. The summed E-state index contributed by atoms with van der Waals surface area (Å²) in [5, 5.41) is 21.2. The van der Waals surface area contributed by atoms with Crippen LogP contribution < -0.4 is 11.1 Å². The van der Waals surface area contributed by atoms with E-state index in [0.717, 1.165) is 6.42 Å². The van der Waals surface area contributed by atoms with Crippen LogP contribution in [0.5, 0.6) is 0 Å². The Labute approximate surface area is 126 Å². The summed E-state index contributed by atoms with van der Waals surface area (Å²) in [5.74, 6) is 0.914. The van der Waals surface area contributed by atoms with E-state index in [9.17, 15) is 14.7 Å². The molecule has 0 amide bonds. The Morgan fingerprint density at radius 1 is 1.38 bits per heavy atom. The van der Waals surface area contributed by atoms with Gasteiger partial charge < -0.3 is 20.7 Å². The summed E-state index contributed by atoms with van der Waals surface area (Å²) in [6.45, 7) is 4.51. The van der Waals surface area contributed by atoms with Crippen molar-refractivity contribution in [3.63, 3.8) is 0 Å². The second-order valence-electron chi connectivity index (χ2n) is 6.39. The predicted molar refractivity (Wildman–Crippen MR) is 79.5 cm³/mol. The lowest BCUT2D eigenvalue weighted by Crippen LogP contribution is -2.50. The Kier molecular flexibility index (Phi) is 7.28. The maximum Gasteiger partial charge on any atom is 0.305 e. The van der Waals surface area contributed by atoms with Crippen molar-refractivity contribution in [3.05, 3.63) is 0 Å². The Morgan fingerprint density at radius 2 is 1.95 bits per heavy atom. The van der Waals surface area contributed by atoms with Crippen LogP contribution in [0.1, 0.15) is 46.0 Å². The molecule has 0 bridgehead atoms. The molecule has 1 aliphatic carbocycles. The summed E-state index contributed by atoms with van der Waals surface area (Å²) in [7, 11) is 0. The topological polar surface area (TPSA) is 113 Å². The molecule has 0 saturated heterocycles. The van der Waals surface area contributed by atoms with Gasteiger partial charge in [0.1, 0.15) is 12.5 Å². The Hall–Kier alpha value is -0.980. The zero-order valence-electron chi connectivity index (χ0n) is 12.9. The fourth-order valence-corrected chi connectivity index (χ4v) is 3.30. The van der Waals surface area contributed by atoms with Gasteiger partial charge >= 0.3 is 5.97 Å². The molecule has 1 rings (SSSR count). The molecule has 5 N–H and O–H groups in total. The molecule has 0 aromatic rings. The lowest BCUT2D eigenvalue weighted by Gasteiger charge is -2.26. The third kappa shape index (κ3) is 5.73. The molecule has 1 saturated carbocycles. The number of aliphatic hydroxyl groups excluding tert-OH is 1. The molecule has 0 heterocycles. The molecule has 0 spiro atoms. The monoisotopic (exact) mass is 300 g/mol. The molecule has 21 heavy (non-hydrogen) atoms. The van der Waals surface area contributed by atoms with Gasteiger partial charge in [0, 0.05) is 6.04 Å². The van der Waals surface area contributed by atoms with Gasteiger partial charge in [-0.05, 0) is 30.6 Å². The van der Waals surface area contributed by atoms with Crippen molar-refractivity contribution >= 4 is 12.3 Å². The number of aliphatic hydroxyl groups is 1. The van der Waals surface area contributed by atoms with E-state index in [1.807, 2.05) is 0 Å². The molecule has 122 valence electrons. The molecule has 0 radical (unpaired) electrons. The van der Waals surface area contributed by atoms with Gasteiger partial charge in [0.25, 0.3) is 0 Å². The SMILES string of the molecule is CC1CCC(C)C1CCC(N)C(O)N[C@H](C=O)CC(=O)O. The van der Waals surface area contributed by atoms with Crippen LogP contribution in [-0.4, -0.2) is 40.8 Å². The van der Waals surface area contributed by atoms with Gasteiger partial charge in [-0.15, -0.1) is 0 Å². The quantitative estimate of drug-likeness (QED) is 0.369. The minimum absolute atomic E-state index is 0.357. The summed E-state index contributed by atoms with van der Waals surface area (Å²) in [6.07, 6.45) is 3.17. The summed E-state index contributed by atoms with van der Waals surface area (Å²) < 4.78 is 0. The van der Waals surface area contributed by atoms with E-state index in [4.69, 9.17) is 10.8 Å². The first-order valence-corrected chi connectivity index (χ1v) is 7.72. The van der Waals surface area contributed by atoms with Crippen molar-refractivity contribution in [3.8, 4) is 0 Å². The molecule has 5 atom stereocenters. The summed E-state index contributed by atoms with van der Waals surface area (Å²) in [4.78, 5) is 21.4. The zero-order chi connectivity index (χ0) is 16.0. The van der Waals surface area contributed by atoms with E-state index in [-0.39, 0.29) is 6.42 Å². The van der Waals surface area contributed by atoms with Gasteiger partial charge in [-0.2, -0.15) is 0 Å². The van der Waals surface area contributed by atoms with Gasteiger partial charge in [0.2, 0.25) is 0 Å². The van der Waals surface area contributed by atoms with E-state index >= 15 is 0 Å². The molecule has 6 nitrogen and oxygen atoms in total. The molecule has 0 aromatic heterocycles. The maximum atomic E-state index is 10.8. The minimum atomic E-state index is -1.09. The summed E-state index contributed by atoms with van der Waals surface area (Å²) in [5.41, 5.74) is 5.94. The number of hydrogen-bond donors (Lipinski definition) is 4. The van der Waals surface area contributed by atoms with Crippen molar-refractivity contribution in [1.82, 2.24) is 5.32 Å². The second-order valence-corrected chi connectivity index (χ2v) is 6.39. The molecule has 0 aliphatic heterocycles. The molecular formula is C15H28N2O4. The Balaban J connectivity index is 2.38. The Morgan fingerprint density at radius 3 is 2.43 bits per heavy atom. The molecule has 4 unspecified atom stereocenters. The van der Waals surface area contributed by atoms with Crippen LogP contribution in [0.3, 0.4) is 0 Å². The number of aldehydes is 1. The van der Waals surface area contributed by atoms with Crippen LogP contribution in [0.4, 0.5) is 0 Å². The fraction of sp³-hybridized carbons (Fsp3) is 0.867. The highest BCUT2D eigenvalue weighted by Crippen LogP contribution is 2.39. The van der Waals surface area contributed by atoms with Crippen LogP contribution >= 0.6 is 0 Å². The standard InChI is InChI=1S/C15H28N2O4/c1-9-3-4-10(2)12(9)5-6-13(16)15(21)17-11(8-18)7-14(19)20/h8-13,15,17,21H,3-7,16H2,1-2H3,(H,19,20)/t9?,10?,11-,12?,13?,15?/m0/s1. The minimum Gasteiger partial charge on any atom is -0.481 e. The number of carboxylic acid groups (broad SMARTS) is 1. The number of hydrogen-bond acceptors (Lipinski definition) is 5. The molecule has 1 fully saturated rings. The van der Waals surface area contributed by atoms with E-state index in [2.05, 4.69) is 19.2 Å². The van der Waals surface area contributed by atoms with Crippen molar-refractivity contribution in [1.29, 1.82) is 0 Å². The molecule has 1 aliphatic rings. The average Bonchev–Trinajstić information content (AvgIpc) is 2.74. The van der Waals surface area contributed by atoms with Crippen molar-refractivity contribution in [2.24, 2.45) is 23.5 Å². The van der Waals surface area contributed by atoms with Gasteiger partial charge in [0.05, 0.1) is 12.5 Å². The molecular weight excluding hydrogens is 272 g/mol. The van der Waals surface area contributed by atoms with Crippen LogP contribution in [0.2, 0.25) is 0 Å². The van der Waals surface area contributed by atoms with Crippen molar-refractivity contribution < 1.29 is 19.8 Å². The third-order valence-electron chi connectivity index (χ3n) is 4.72. The van der Waals surface area contributed by atoms with E-state index in [0.29, 0.717) is 30.5 Å². The first kappa shape index (κ1) is 18.1. The predicted octanol–water partition coefficient (Wildman–Crippen LogP) is 0.726. The van der Waals surface area contributed by atoms with Crippen LogP contribution in [0.25, 0.3) is 0 Å². The molecule has 0 aromatic carbocycles. The second kappa shape index (κ2) is 8.46. The first-order chi connectivity index (χ1) is 9.85. The average molecular weight is 300 g/mol. The van der Waals surface area contributed by atoms with Crippen molar-refractivity contribution in [2.45, 2.75) is 64.3 Å². The summed E-state index contributed by atoms with van der Waals surface area (Å²) >= 11 is 0. The number of carboxylic acids is 1. The highest BCUT2D eigenvalue weighted by atomic mass is 16.4. The zero-order valence-corrected chi connectivity index (χ0v) is 12.9. The van der Waals surface area contributed by atoms with E-state index in [1.54, 1.807) is 0 Å². The number of rotatable bonds is 9. The number of nitrogens with two attached hydrogens (primary N) is 1. The Bertz CT molecular complexity index is 341. The van der Waals surface area contributed by atoms with E-state index < -0.39 is 24.3 Å². The highest BCUT2D eigenvalue weighted by Gasteiger charge is 2.31.